The summed E-state index contributed by atoms with van der Waals surface area (Å²) in [5.74, 6) is 0. The fraction of sp³-hybridized carbons (Fsp3) is 0.829. The zero-order chi connectivity index (χ0) is 32.1. The molecule has 0 saturated carbocycles. The van der Waals surface area contributed by atoms with Gasteiger partial charge in [0, 0.05) is 6.67 Å². The Morgan fingerprint density at radius 1 is 0.386 bits per heavy atom. The van der Waals surface area contributed by atoms with Crippen LogP contribution in [0.1, 0.15) is 168 Å². The van der Waals surface area contributed by atoms with E-state index < -0.39 is 11.5 Å². The standard InChI is InChI=1S/C35H66N4.4ClH.Pd/c1-3-5-7-9-11-13-15-17-19-21-23-25-27-36-29-31-38(33-36)35-39-32-30-37(34-39)28-26-24-22-20-18-16-14-12-10-8-6-4-2;;;;;/h29-34H,3-28,35H2,1-2H3;4*1H;/q-2;;;;;+4/p-4. The van der Waals surface area contributed by atoms with Gasteiger partial charge in [-0.1, -0.05) is 155 Å². The number of hydrogen-bond acceptors (Lipinski definition) is 4. The van der Waals surface area contributed by atoms with Crippen LogP contribution in [0.2, 0.25) is 0 Å². The molecule has 266 valence electrons. The molecule has 0 unspecified atom stereocenters. The Kier molecular flexibility index (Phi) is 28.6. The summed E-state index contributed by atoms with van der Waals surface area (Å²) in [6.07, 6.45) is 42.8. The van der Waals surface area contributed by atoms with E-state index in [4.69, 9.17) is 38.1 Å². The summed E-state index contributed by atoms with van der Waals surface area (Å²) in [4.78, 5) is 9.32. The number of hydrogen-bond donors (Lipinski definition) is 0. The van der Waals surface area contributed by atoms with Crippen LogP contribution in [0.15, 0.2) is 24.8 Å². The van der Waals surface area contributed by atoms with Gasteiger partial charge in [-0.2, -0.15) is 13.3 Å². The van der Waals surface area contributed by atoms with E-state index in [-0.39, 0.29) is 0 Å². The molecule has 0 aliphatic carbocycles. The van der Waals surface area contributed by atoms with Crippen LogP contribution >= 0.6 is 38.1 Å². The maximum absolute atomic E-state index is 4.98. The molecule has 44 heavy (non-hydrogen) atoms. The van der Waals surface area contributed by atoms with Gasteiger partial charge in [0.15, 0.2) is 0 Å². The van der Waals surface area contributed by atoms with Crippen molar-refractivity contribution in [3.8, 4) is 0 Å². The van der Waals surface area contributed by atoms with E-state index in [1.165, 1.54) is 154 Å². The Labute approximate surface area is 293 Å². The minimum absolute atomic E-state index is 0.900. The Hall–Kier alpha value is 0.502. The average Bonchev–Trinajstić information content (AvgIpc) is 3.62. The third-order valence-corrected chi connectivity index (χ3v) is 8.36. The molecule has 2 heterocycles. The SMILES string of the molecule is CCCCCCCCCCCCCCN1C=CN(CN2C=CN(CCCCCCCCCCCCCC)[CH-]2)[CH-]1.[Cl][Pd]([Cl])([Cl])[Cl]. The Bertz CT molecular complexity index is 636. The fourth-order valence-electron chi connectivity index (χ4n) is 5.77. The van der Waals surface area contributed by atoms with E-state index in [0.717, 1.165) is 19.8 Å². The Morgan fingerprint density at radius 3 is 0.886 bits per heavy atom. The first-order chi connectivity index (χ1) is 21.3. The quantitative estimate of drug-likeness (QED) is 0.0445. The van der Waals surface area contributed by atoms with Crippen molar-refractivity contribution < 1.29 is 11.5 Å². The summed E-state index contributed by atoms with van der Waals surface area (Å²) in [5, 5.41) is 0. The van der Waals surface area contributed by atoms with Crippen molar-refractivity contribution >= 4 is 38.1 Å². The molecule has 0 aromatic rings. The number of rotatable bonds is 28. The minimum atomic E-state index is -2.81. The van der Waals surface area contributed by atoms with Crippen LogP contribution in [-0.2, 0) is 11.5 Å². The second-order valence-corrected chi connectivity index (χ2v) is 26.7. The van der Waals surface area contributed by atoms with Gasteiger partial charge in [0.05, 0.1) is 0 Å². The van der Waals surface area contributed by atoms with Crippen molar-refractivity contribution in [1.29, 1.82) is 0 Å². The normalized spacial score (nSPS) is 15.0. The van der Waals surface area contributed by atoms with Crippen LogP contribution in [0.25, 0.3) is 0 Å². The van der Waals surface area contributed by atoms with E-state index in [9.17, 15) is 0 Å². The molecule has 0 bridgehead atoms. The fourth-order valence-corrected chi connectivity index (χ4v) is 5.77. The summed E-state index contributed by atoms with van der Waals surface area (Å²) in [6.45, 7) is 12.3. The predicted octanol–water partition coefficient (Wildman–Crippen LogP) is 13.5. The molecule has 2 aliphatic rings. The zero-order valence-corrected chi connectivity index (χ0v) is 32.8. The first-order valence-electron chi connectivity index (χ1n) is 17.9. The van der Waals surface area contributed by atoms with Crippen molar-refractivity contribution in [2.75, 3.05) is 19.8 Å². The van der Waals surface area contributed by atoms with E-state index in [1.807, 2.05) is 0 Å². The molecule has 0 radical (unpaired) electrons. The van der Waals surface area contributed by atoms with Crippen LogP contribution in [0.3, 0.4) is 0 Å². The van der Waals surface area contributed by atoms with Gasteiger partial charge >= 0.3 is 49.6 Å². The van der Waals surface area contributed by atoms with E-state index in [0.29, 0.717) is 0 Å². The van der Waals surface area contributed by atoms with Crippen molar-refractivity contribution in [2.24, 2.45) is 0 Å². The topological polar surface area (TPSA) is 13.0 Å². The van der Waals surface area contributed by atoms with E-state index in [1.54, 1.807) is 0 Å². The van der Waals surface area contributed by atoms with Crippen LogP contribution in [0, 0.1) is 13.3 Å². The molecule has 0 atom stereocenters. The third kappa shape index (κ3) is 28.7. The second-order valence-electron chi connectivity index (χ2n) is 12.5. The van der Waals surface area contributed by atoms with Gasteiger partial charge in [-0.05, 0) is 50.7 Å². The summed E-state index contributed by atoms with van der Waals surface area (Å²) in [6, 6.07) is 0. The number of nitrogens with zero attached hydrogens (tertiary/aromatic N) is 4. The van der Waals surface area contributed by atoms with Gasteiger partial charge in [-0.3, -0.25) is 0 Å². The van der Waals surface area contributed by atoms with Crippen molar-refractivity contribution in [3.05, 3.63) is 38.1 Å². The number of halogens is 4. The molecule has 0 fully saturated rings. The molecule has 2 aliphatic heterocycles. The van der Waals surface area contributed by atoms with Crippen LogP contribution < -0.4 is 0 Å². The van der Waals surface area contributed by atoms with Crippen molar-refractivity contribution in [2.45, 2.75) is 168 Å². The van der Waals surface area contributed by atoms with Crippen molar-refractivity contribution in [1.82, 2.24) is 19.6 Å². The average molecular weight is 791 g/mol. The summed E-state index contributed by atoms with van der Waals surface area (Å²) in [7, 11) is 19.9. The molecule has 9 heteroatoms. The monoisotopic (exact) mass is 788 g/mol. The molecule has 0 N–H and O–H groups in total. The Morgan fingerprint density at radius 2 is 0.614 bits per heavy atom. The van der Waals surface area contributed by atoms with Crippen LogP contribution in [0.5, 0.6) is 0 Å². The zero-order valence-electron chi connectivity index (χ0n) is 28.2. The maximum atomic E-state index is 4.98. The third-order valence-electron chi connectivity index (χ3n) is 8.36. The molecular weight excluding hydrogens is 725 g/mol. The first kappa shape index (κ1) is 42.5. The molecule has 4 nitrogen and oxygen atoms in total. The summed E-state index contributed by atoms with van der Waals surface area (Å²) >= 11 is -2.81. The van der Waals surface area contributed by atoms with Gasteiger partial charge in [0.2, 0.25) is 0 Å². The van der Waals surface area contributed by atoms with Crippen molar-refractivity contribution in [3.63, 3.8) is 0 Å². The summed E-state index contributed by atoms with van der Waals surface area (Å²) < 4.78 is 0. The molecule has 0 aromatic carbocycles. The van der Waals surface area contributed by atoms with E-state index in [2.05, 4.69) is 71.6 Å². The van der Waals surface area contributed by atoms with Gasteiger partial charge < -0.3 is 19.6 Å². The van der Waals surface area contributed by atoms with Crippen LogP contribution in [-0.4, -0.2) is 39.4 Å². The molecule has 0 amide bonds. The molecule has 2 rings (SSSR count). The predicted molar refractivity (Wildman–Crippen MR) is 194 cm³/mol. The van der Waals surface area contributed by atoms with Crippen LogP contribution in [0.4, 0.5) is 0 Å². The van der Waals surface area contributed by atoms with Gasteiger partial charge in [-0.15, -0.1) is 0 Å². The van der Waals surface area contributed by atoms with Gasteiger partial charge in [-0.25, -0.2) is 0 Å². The molecule has 0 saturated heterocycles. The van der Waals surface area contributed by atoms with Gasteiger partial charge in [0.25, 0.3) is 0 Å². The van der Waals surface area contributed by atoms with Gasteiger partial charge in [0.1, 0.15) is 0 Å². The summed E-state index contributed by atoms with van der Waals surface area (Å²) in [5.41, 5.74) is 0. The molecule has 0 spiro atoms. The molecular formula is C35H66Cl4N4Pd-2. The van der Waals surface area contributed by atoms with E-state index >= 15 is 0 Å². The molecule has 0 aromatic heterocycles. The Balaban J connectivity index is 0.00000178. The number of unbranched alkanes of at least 4 members (excludes halogenated alkanes) is 22. The first-order valence-corrected chi connectivity index (χ1v) is 25.9. The second kappa shape index (κ2) is 29.6.